The SMILES string of the molecule is FC(F)(F)c1ccc(Nc2nc(COCc3ccncc3)nc3cc(-c4ncccc4C(F)(F)F)ccc23)cn1. The van der Waals surface area contributed by atoms with Crippen LogP contribution in [0.25, 0.3) is 22.2 Å². The molecule has 4 aromatic heterocycles. The van der Waals surface area contributed by atoms with Gasteiger partial charge in [0.1, 0.15) is 18.1 Å². The highest BCUT2D eigenvalue weighted by Gasteiger charge is 2.34. The average Bonchev–Trinajstić information content (AvgIpc) is 2.93. The van der Waals surface area contributed by atoms with Crippen LogP contribution in [0.15, 0.2) is 79.4 Å². The van der Waals surface area contributed by atoms with Crippen LogP contribution in [0, 0.1) is 0 Å². The van der Waals surface area contributed by atoms with Crippen molar-refractivity contribution in [3.05, 3.63) is 102 Å². The largest absolute Gasteiger partial charge is 0.433 e. The van der Waals surface area contributed by atoms with Gasteiger partial charge in [0.2, 0.25) is 0 Å². The van der Waals surface area contributed by atoms with E-state index >= 15 is 0 Å². The summed E-state index contributed by atoms with van der Waals surface area (Å²) in [5.41, 5.74) is -0.727. The topological polar surface area (TPSA) is 85.7 Å². The highest BCUT2D eigenvalue weighted by Crippen LogP contribution is 2.37. The molecule has 4 heterocycles. The molecular formula is C27H18F6N6O. The van der Waals surface area contributed by atoms with Crippen LogP contribution >= 0.6 is 0 Å². The van der Waals surface area contributed by atoms with Gasteiger partial charge >= 0.3 is 12.4 Å². The Morgan fingerprint density at radius 3 is 2.27 bits per heavy atom. The quantitative estimate of drug-likeness (QED) is 0.217. The molecule has 1 N–H and O–H groups in total. The van der Waals surface area contributed by atoms with Gasteiger partial charge in [0.05, 0.1) is 35.3 Å². The second-order valence-corrected chi connectivity index (χ2v) is 8.52. The summed E-state index contributed by atoms with van der Waals surface area (Å²) >= 11 is 0. The summed E-state index contributed by atoms with van der Waals surface area (Å²) in [7, 11) is 0. The van der Waals surface area contributed by atoms with Crippen LogP contribution in [0.3, 0.4) is 0 Å². The van der Waals surface area contributed by atoms with Crippen molar-refractivity contribution in [3.63, 3.8) is 0 Å². The lowest BCUT2D eigenvalue weighted by atomic mass is 10.0. The summed E-state index contributed by atoms with van der Waals surface area (Å²) in [5.74, 6) is 0.399. The molecule has 5 aromatic rings. The third-order valence-corrected chi connectivity index (χ3v) is 5.70. The number of aromatic nitrogens is 5. The number of ether oxygens (including phenoxy) is 1. The van der Waals surface area contributed by atoms with E-state index in [1.165, 1.54) is 36.5 Å². The molecule has 5 rings (SSSR count). The molecule has 0 amide bonds. The number of pyridine rings is 3. The number of anilines is 2. The van der Waals surface area contributed by atoms with Crippen LogP contribution in [-0.4, -0.2) is 24.9 Å². The summed E-state index contributed by atoms with van der Waals surface area (Å²) in [6.45, 7) is 0.165. The number of rotatable bonds is 7. The molecule has 40 heavy (non-hydrogen) atoms. The van der Waals surface area contributed by atoms with Gasteiger partial charge in [-0.15, -0.1) is 0 Å². The molecule has 0 aliphatic heterocycles. The Bertz CT molecular complexity index is 1630. The lowest BCUT2D eigenvalue weighted by molar-refractivity contribution is -0.141. The van der Waals surface area contributed by atoms with E-state index in [2.05, 4.69) is 30.2 Å². The van der Waals surface area contributed by atoms with Gasteiger partial charge < -0.3 is 10.1 Å². The summed E-state index contributed by atoms with van der Waals surface area (Å²) in [6, 6.07) is 12.1. The number of nitrogens with zero attached hydrogens (tertiary/aromatic N) is 5. The molecule has 0 aliphatic rings. The molecule has 0 aliphatic carbocycles. The van der Waals surface area contributed by atoms with Crippen LogP contribution in [0.2, 0.25) is 0 Å². The van der Waals surface area contributed by atoms with Gasteiger partial charge in [0.15, 0.2) is 5.82 Å². The molecule has 0 fully saturated rings. The molecule has 0 radical (unpaired) electrons. The Labute approximate surface area is 222 Å². The first-order valence-corrected chi connectivity index (χ1v) is 11.7. The molecule has 0 bridgehead atoms. The summed E-state index contributed by atoms with van der Waals surface area (Å²) in [4.78, 5) is 20.2. The average molecular weight is 556 g/mol. The molecule has 0 atom stereocenters. The molecule has 204 valence electrons. The van der Waals surface area contributed by atoms with E-state index in [1.54, 1.807) is 24.5 Å². The second-order valence-electron chi connectivity index (χ2n) is 8.52. The van der Waals surface area contributed by atoms with Gasteiger partial charge in [-0.25, -0.2) is 15.0 Å². The maximum absolute atomic E-state index is 13.6. The highest BCUT2D eigenvalue weighted by molar-refractivity contribution is 5.93. The van der Waals surface area contributed by atoms with Crippen LogP contribution in [-0.2, 0) is 30.3 Å². The van der Waals surface area contributed by atoms with Crippen molar-refractivity contribution < 1.29 is 31.1 Å². The van der Waals surface area contributed by atoms with E-state index in [-0.39, 0.29) is 47.3 Å². The van der Waals surface area contributed by atoms with Crippen molar-refractivity contribution in [2.45, 2.75) is 25.6 Å². The predicted molar refractivity (Wildman–Crippen MR) is 133 cm³/mol. The van der Waals surface area contributed by atoms with Crippen molar-refractivity contribution in [2.24, 2.45) is 0 Å². The Kier molecular flexibility index (Phi) is 7.30. The third-order valence-electron chi connectivity index (χ3n) is 5.70. The molecule has 0 saturated carbocycles. The number of hydrogen-bond donors (Lipinski definition) is 1. The minimum atomic E-state index is -4.63. The summed E-state index contributed by atoms with van der Waals surface area (Å²) in [6.07, 6.45) is -3.74. The van der Waals surface area contributed by atoms with Crippen LogP contribution in [0.5, 0.6) is 0 Å². The zero-order chi connectivity index (χ0) is 28.3. The molecule has 0 saturated heterocycles. The third kappa shape index (κ3) is 6.15. The van der Waals surface area contributed by atoms with Crippen molar-refractivity contribution in [3.8, 4) is 11.3 Å². The minimum Gasteiger partial charge on any atom is -0.369 e. The van der Waals surface area contributed by atoms with Gasteiger partial charge in [0.25, 0.3) is 0 Å². The first-order valence-electron chi connectivity index (χ1n) is 11.7. The zero-order valence-electron chi connectivity index (χ0n) is 20.3. The van der Waals surface area contributed by atoms with Crippen LogP contribution < -0.4 is 5.32 Å². The van der Waals surface area contributed by atoms with E-state index in [0.717, 1.165) is 23.9 Å². The first kappa shape index (κ1) is 26.9. The molecule has 0 spiro atoms. The standard InChI is InChI=1S/C27H18F6N6O/c28-26(29,30)20-2-1-9-35-24(20)17-3-5-19-21(12-17)38-23(15-40-14-16-7-10-34-11-8-16)39-25(19)37-18-4-6-22(36-13-18)27(31,32)33/h1-13H,14-15H2,(H,37,38,39). The Morgan fingerprint density at radius 1 is 0.775 bits per heavy atom. The Morgan fingerprint density at radius 2 is 1.57 bits per heavy atom. The van der Waals surface area contributed by atoms with E-state index in [0.29, 0.717) is 5.39 Å². The Hall–Kier alpha value is -4.65. The van der Waals surface area contributed by atoms with Crippen molar-refractivity contribution in [1.82, 2.24) is 24.9 Å². The maximum Gasteiger partial charge on any atom is 0.433 e. The molecular weight excluding hydrogens is 538 g/mol. The van der Waals surface area contributed by atoms with Crippen molar-refractivity contribution in [1.29, 1.82) is 0 Å². The molecule has 0 unspecified atom stereocenters. The lowest BCUT2D eigenvalue weighted by Gasteiger charge is -2.14. The second kappa shape index (κ2) is 10.8. The van der Waals surface area contributed by atoms with Crippen molar-refractivity contribution >= 4 is 22.4 Å². The normalized spacial score (nSPS) is 12.1. The van der Waals surface area contributed by atoms with Crippen molar-refractivity contribution in [2.75, 3.05) is 5.32 Å². The predicted octanol–water partition coefficient (Wildman–Crippen LogP) is 6.98. The summed E-state index contributed by atoms with van der Waals surface area (Å²) in [5, 5.41) is 3.34. The fourth-order valence-electron chi connectivity index (χ4n) is 3.86. The van der Waals surface area contributed by atoms with Gasteiger partial charge in [-0.3, -0.25) is 9.97 Å². The van der Waals surface area contributed by atoms with Gasteiger partial charge in [-0.2, -0.15) is 26.3 Å². The smallest absolute Gasteiger partial charge is 0.369 e. The van der Waals surface area contributed by atoms with Gasteiger partial charge in [-0.1, -0.05) is 6.07 Å². The van der Waals surface area contributed by atoms with E-state index in [9.17, 15) is 26.3 Å². The molecule has 13 heteroatoms. The lowest BCUT2D eigenvalue weighted by Crippen LogP contribution is -2.09. The van der Waals surface area contributed by atoms with Gasteiger partial charge in [0, 0.05) is 29.5 Å². The van der Waals surface area contributed by atoms with E-state index in [1.807, 2.05) is 0 Å². The number of nitrogens with one attached hydrogen (secondary N) is 1. The molecule has 7 nitrogen and oxygen atoms in total. The number of alkyl halides is 6. The summed E-state index contributed by atoms with van der Waals surface area (Å²) < 4.78 is 85.4. The number of benzene rings is 1. The number of hydrogen-bond acceptors (Lipinski definition) is 7. The molecule has 1 aromatic carbocycles. The fourth-order valence-corrected chi connectivity index (χ4v) is 3.86. The van der Waals surface area contributed by atoms with E-state index in [4.69, 9.17) is 4.74 Å². The van der Waals surface area contributed by atoms with E-state index < -0.39 is 23.6 Å². The number of fused-ring (bicyclic) bond motifs is 1. The first-order chi connectivity index (χ1) is 19.1. The Balaban J connectivity index is 1.52. The number of halogens is 6. The van der Waals surface area contributed by atoms with Crippen LogP contribution in [0.1, 0.15) is 22.6 Å². The zero-order valence-corrected chi connectivity index (χ0v) is 20.3. The highest BCUT2D eigenvalue weighted by atomic mass is 19.4. The monoisotopic (exact) mass is 556 g/mol. The fraction of sp³-hybridized carbons (Fsp3) is 0.148. The van der Waals surface area contributed by atoms with Gasteiger partial charge in [-0.05, 0) is 54.1 Å². The maximum atomic E-state index is 13.6. The van der Waals surface area contributed by atoms with Crippen LogP contribution in [0.4, 0.5) is 37.8 Å². The minimum absolute atomic E-state index is 0.0557.